The summed E-state index contributed by atoms with van der Waals surface area (Å²) in [5.41, 5.74) is -0.956. The van der Waals surface area contributed by atoms with Crippen molar-refractivity contribution in [3.63, 3.8) is 0 Å². The summed E-state index contributed by atoms with van der Waals surface area (Å²) in [6.07, 6.45) is 1.62. The first-order valence-corrected chi connectivity index (χ1v) is 9.20. The van der Waals surface area contributed by atoms with Gasteiger partial charge < -0.3 is 9.30 Å². The van der Waals surface area contributed by atoms with Gasteiger partial charge in [-0.1, -0.05) is 0 Å². The number of hydrogen-bond donors (Lipinski definition) is 0. The highest BCUT2D eigenvalue weighted by molar-refractivity contribution is 5.58. The number of ether oxygens (including phenoxy) is 1. The second-order valence-electron chi connectivity index (χ2n) is 7.56. The molecule has 4 rings (SSSR count). The molecule has 30 heavy (non-hydrogen) atoms. The van der Waals surface area contributed by atoms with Crippen LogP contribution in [0.1, 0.15) is 44.1 Å². The van der Waals surface area contributed by atoms with Gasteiger partial charge in [-0.2, -0.15) is 5.26 Å². The zero-order valence-corrected chi connectivity index (χ0v) is 16.1. The summed E-state index contributed by atoms with van der Waals surface area (Å²) in [4.78, 5) is 0. The van der Waals surface area contributed by atoms with Crippen LogP contribution in [0.5, 0.6) is 5.75 Å². The average Bonchev–Trinajstić information content (AvgIpc) is 3.43. The molecule has 0 spiro atoms. The molecule has 9 heteroatoms. The van der Waals surface area contributed by atoms with Crippen LogP contribution in [-0.4, -0.2) is 14.8 Å². The highest BCUT2D eigenvalue weighted by atomic mass is 19.2. The summed E-state index contributed by atoms with van der Waals surface area (Å²) in [5.74, 6) is -4.19. The van der Waals surface area contributed by atoms with Gasteiger partial charge in [0.1, 0.15) is 5.82 Å². The minimum absolute atomic E-state index is 0.00211. The zero-order valence-electron chi connectivity index (χ0n) is 16.1. The quantitative estimate of drug-likeness (QED) is 0.433. The minimum atomic E-state index is -1.32. The third kappa shape index (κ3) is 3.49. The molecule has 1 heterocycles. The Morgan fingerprint density at radius 3 is 2.33 bits per heavy atom. The van der Waals surface area contributed by atoms with E-state index in [1.807, 2.05) is 6.07 Å². The first kappa shape index (κ1) is 19.9. The number of aromatic nitrogens is 3. The predicted molar refractivity (Wildman–Crippen MR) is 98.4 cm³/mol. The van der Waals surface area contributed by atoms with Crippen molar-refractivity contribution < 1.29 is 22.3 Å². The Kier molecular flexibility index (Phi) is 4.73. The van der Waals surface area contributed by atoms with E-state index in [9.17, 15) is 17.6 Å². The van der Waals surface area contributed by atoms with E-state index >= 15 is 0 Å². The van der Waals surface area contributed by atoms with Crippen LogP contribution < -0.4 is 4.74 Å². The van der Waals surface area contributed by atoms with Crippen LogP contribution in [-0.2, 0) is 5.60 Å². The zero-order chi connectivity index (χ0) is 21.6. The first-order valence-electron chi connectivity index (χ1n) is 9.20. The summed E-state index contributed by atoms with van der Waals surface area (Å²) in [5, 5.41) is 17.2. The van der Waals surface area contributed by atoms with Crippen LogP contribution in [0.25, 0.3) is 11.4 Å². The second kappa shape index (κ2) is 7.13. The molecule has 0 unspecified atom stereocenters. The maximum Gasteiger partial charge on any atom is 0.177 e. The molecule has 2 aromatic carbocycles. The van der Waals surface area contributed by atoms with Gasteiger partial charge in [0.15, 0.2) is 40.5 Å². The third-order valence-corrected chi connectivity index (χ3v) is 4.83. The molecule has 0 atom stereocenters. The van der Waals surface area contributed by atoms with Gasteiger partial charge in [0, 0.05) is 18.2 Å². The van der Waals surface area contributed by atoms with E-state index in [1.165, 1.54) is 12.1 Å². The fourth-order valence-electron chi connectivity index (χ4n) is 3.23. The smallest absolute Gasteiger partial charge is 0.177 e. The van der Waals surface area contributed by atoms with Crippen LogP contribution in [0, 0.1) is 34.6 Å². The van der Waals surface area contributed by atoms with Crippen LogP contribution in [0.4, 0.5) is 17.6 Å². The van der Waals surface area contributed by atoms with Gasteiger partial charge in [0.25, 0.3) is 0 Å². The Morgan fingerprint density at radius 2 is 1.70 bits per heavy atom. The molecule has 1 aromatic heterocycles. The summed E-state index contributed by atoms with van der Waals surface area (Å²) < 4.78 is 62.8. The topological polar surface area (TPSA) is 63.7 Å². The number of rotatable bonds is 5. The second-order valence-corrected chi connectivity index (χ2v) is 7.56. The Morgan fingerprint density at radius 1 is 1.00 bits per heavy atom. The van der Waals surface area contributed by atoms with Gasteiger partial charge in [0.2, 0.25) is 0 Å². The number of nitriles is 1. The molecular weight excluding hydrogens is 400 g/mol. The maximum absolute atomic E-state index is 14.6. The van der Waals surface area contributed by atoms with Gasteiger partial charge in [-0.3, -0.25) is 0 Å². The molecule has 0 bridgehead atoms. The molecule has 1 aliphatic rings. The minimum Gasteiger partial charge on any atom is -0.477 e. The Balaban J connectivity index is 1.77. The number of nitrogens with zero attached hydrogens (tertiary/aromatic N) is 4. The van der Waals surface area contributed by atoms with Gasteiger partial charge in [-0.25, -0.2) is 17.6 Å². The van der Waals surface area contributed by atoms with Crippen LogP contribution in [0.3, 0.4) is 0 Å². The summed E-state index contributed by atoms with van der Waals surface area (Å²) in [6, 6.07) is 6.94. The number of benzene rings is 2. The Hall–Kier alpha value is -3.41. The van der Waals surface area contributed by atoms with E-state index in [4.69, 9.17) is 10.00 Å². The van der Waals surface area contributed by atoms with E-state index in [0.717, 1.165) is 18.9 Å². The molecule has 3 aromatic rings. The lowest BCUT2D eigenvalue weighted by Gasteiger charge is -2.27. The molecular formula is C21H16F4N4O. The van der Waals surface area contributed by atoms with Crippen molar-refractivity contribution in [2.24, 2.45) is 0 Å². The molecule has 0 N–H and O–H groups in total. The maximum atomic E-state index is 14.6. The van der Waals surface area contributed by atoms with Crippen molar-refractivity contribution in [3.05, 3.63) is 65.0 Å². The van der Waals surface area contributed by atoms with Crippen molar-refractivity contribution in [3.8, 4) is 23.2 Å². The average molecular weight is 416 g/mol. The molecule has 0 amide bonds. The molecule has 0 radical (unpaired) electrons. The van der Waals surface area contributed by atoms with Gasteiger partial charge in [-0.05, 0) is 44.9 Å². The van der Waals surface area contributed by atoms with Gasteiger partial charge in [0.05, 0.1) is 17.2 Å². The van der Waals surface area contributed by atoms with Crippen molar-refractivity contribution >= 4 is 0 Å². The lowest BCUT2D eigenvalue weighted by Crippen LogP contribution is -2.30. The highest BCUT2D eigenvalue weighted by Gasteiger charge is 2.38. The summed E-state index contributed by atoms with van der Waals surface area (Å²) in [6.45, 7) is 3.16. The third-order valence-electron chi connectivity index (χ3n) is 4.83. The highest BCUT2D eigenvalue weighted by Crippen LogP contribution is 2.42. The van der Waals surface area contributed by atoms with E-state index in [0.29, 0.717) is 12.1 Å². The van der Waals surface area contributed by atoms with Gasteiger partial charge in [-0.15, -0.1) is 10.2 Å². The molecule has 154 valence electrons. The lowest BCUT2D eigenvalue weighted by molar-refractivity contribution is 0.0874. The molecule has 1 saturated carbocycles. The fraction of sp³-hybridized carbons (Fsp3) is 0.286. The largest absolute Gasteiger partial charge is 0.477 e. The van der Waals surface area contributed by atoms with E-state index in [1.54, 1.807) is 18.4 Å². The normalized spacial score (nSPS) is 13.9. The number of hydrogen-bond acceptors (Lipinski definition) is 4. The monoisotopic (exact) mass is 416 g/mol. The fourth-order valence-corrected chi connectivity index (χ4v) is 3.23. The standard InChI is InChI=1S/C21H16F4N4O/c1-21(2,30-18-9-16(24)15(23)8-17(18)25)20-28-27-19(29(20)12-4-5-12)13-6-3-11(10-26)7-14(13)22/h3,6-9,12H,4-5H2,1-2H3. The van der Waals surface area contributed by atoms with E-state index < -0.39 is 34.6 Å². The Bertz CT molecular complexity index is 1180. The van der Waals surface area contributed by atoms with Crippen LogP contribution >= 0.6 is 0 Å². The van der Waals surface area contributed by atoms with E-state index in [2.05, 4.69) is 10.2 Å². The van der Waals surface area contributed by atoms with E-state index in [-0.39, 0.29) is 28.8 Å². The lowest BCUT2D eigenvalue weighted by atomic mass is 10.1. The SMILES string of the molecule is CC(C)(Oc1cc(F)c(F)cc1F)c1nnc(-c2ccc(C#N)cc2F)n1C1CC1. The summed E-state index contributed by atoms with van der Waals surface area (Å²) in [7, 11) is 0. The molecule has 0 saturated heterocycles. The molecule has 5 nitrogen and oxygen atoms in total. The predicted octanol–water partition coefficient (Wildman–Crippen LogP) is 5.02. The van der Waals surface area contributed by atoms with Crippen molar-refractivity contribution in [2.75, 3.05) is 0 Å². The molecule has 1 fully saturated rings. The van der Waals surface area contributed by atoms with Crippen LogP contribution in [0.2, 0.25) is 0 Å². The Labute approximate surface area is 169 Å². The molecule has 1 aliphatic carbocycles. The van der Waals surface area contributed by atoms with Crippen LogP contribution in [0.15, 0.2) is 30.3 Å². The summed E-state index contributed by atoms with van der Waals surface area (Å²) >= 11 is 0. The van der Waals surface area contributed by atoms with Gasteiger partial charge >= 0.3 is 0 Å². The van der Waals surface area contributed by atoms with Crippen molar-refractivity contribution in [1.82, 2.24) is 14.8 Å². The molecule has 0 aliphatic heterocycles. The first-order chi connectivity index (χ1) is 14.2. The number of halogens is 4. The van der Waals surface area contributed by atoms with Crippen molar-refractivity contribution in [1.29, 1.82) is 5.26 Å². The van der Waals surface area contributed by atoms with Crippen molar-refractivity contribution in [2.45, 2.75) is 38.3 Å².